The summed E-state index contributed by atoms with van der Waals surface area (Å²) in [4.78, 5) is 23.8. The zero-order chi connectivity index (χ0) is 15.6. The first-order valence-corrected chi connectivity index (χ1v) is 6.88. The monoisotopic (exact) mass is 297 g/mol. The average molecular weight is 297 g/mol. The van der Waals surface area contributed by atoms with Crippen molar-refractivity contribution in [1.29, 1.82) is 0 Å². The predicted molar refractivity (Wildman–Crippen MR) is 71.8 cm³/mol. The molecule has 0 radical (unpaired) electrons. The van der Waals surface area contributed by atoms with Gasteiger partial charge < -0.3 is 10.4 Å². The minimum atomic E-state index is -1.35. The number of carbonyl (C=O) groups is 2. The zero-order valence-electron chi connectivity index (χ0n) is 11.7. The van der Waals surface area contributed by atoms with Crippen molar-refractivity contribution in [2.24, 2.45) is 5.92 Å². The molecule has 1 fully saturated rings. The van der Waals surface area contributed by atoms with Crippen molar-refractivity contribution < 1.29 is 23.5 Å². The van der Waals surface area contributed by atoms with Gasteiger partial charge in [-0.3, -0.25) is 4.79 Å². The lowest BCUT2D eigenvalue weighted by Gasteiger charge is -2.39. The van der Waals surface area contributed by atoms with Crippen molar-refractivity contribution in [2.45, 2.75) is 38.1 Å². The molecule has 0 bridgehead atoms. The molecule has 1 aromatic rings. The smallest absolute Gasteiger partial charge is 0.329 e. The molecular formula is C15H17F2NO3. The van der Waals surface area contributed by atoms with Crippen LogP contribution in [0, 0.1) is 17.6 Å². The highest BCUT2D eigenvalue weighted by atomic mass is 19.2. The molecular weight excluding hydrogens is 280 g/mol. The first-order chi connectivity index (χ1) is 9.86. The van der Waals surface area contributed by atoms with Crippen LogP contribution in [-0.4, -0.2) is 22.5 Å². The second-order valence-electron chi connectivity index (χ2n) is 5.51. The molecule has 1 saturated carbocycles. The Bertz CT molecular complexity index is 576. The van der Waals surface area contributed by atoms with Gasteiger partial charge in [0.25, 0.3) is 5.91 Å². The summed E-state index contributed by atoms with van der Waals surface area (Å²) in [6, 6.07) is 2.76. The van der Waals surface area contributed by atoms with Gasteiger partial charge >= 0.3 is 5.97 Å². The highest BCUT2D eigenvalue weighted by Crippen LogP contribution is 2.34. The van der Waals surface area contributed by atoms with Crippen LogP contribution in [0.5, 0.6) is 0 Å². The number of nitrogens with one attached hydrogen (secondary N) is 1. The maximum atomic E-state index is 13.2. The van der Waals surface area contributed by atoms with Crippen molar-refractivity contribution in [1.82, 2.24) is 5.32 Å². The SMILES string of the molecule is CC1CCCCC1(NC(=O)c1ccc(F)c(F)c1)C(=O)O. The van der Waals surface area contributed by atoms with E-state index in [4.69, 9.17) is 0 Å². The van der Waals surface area contributed by atoms with Gasteiger partial charge in [-0.15, -0.1) is 0 Å². The van der Waals surface area contributed by atoms with Crippen LogP contribution in [0.2, 0.25) is 0 Å². The summed E-state index contributed by atoms with van der Waals surface area (Å²) in [6.45, 7) is 1.78. The van der Waals surface area contributed by atoms with Crippen LogP contribution >= 0.6 is 0 Å². The number of amides is 1. The maximum Gasteiger partial charge on any atom is 0.329 e. The summed E-state index contributed by atoms with van der Waals surface area (Å²) in [6.07, 6.45) is 2.65. The fourth-order valence-corrected chi connectivity index (χ4v) is 2.82. The Morgan fingerprint density at radius 3 is 2.57 bits per heavy atom. The molecule has 0 aliphatic heterocycles. The lowest BCUT2D eigenvalue weighted by Crippen LogP contribution is -2.60. The van der Waals surface area contributed by atoms with Crippen molar-refractivity contribution in [2.75, 3.05) is 0 Å². The summed E-state index contributed by atoms with van der Waals surface area (Å²) in [7, 11) is 0. The number of hydrogen-bond acceptors (Lipinski definition) is 2. The molecule has 6 heteroatoms. The average Bonchev–Trinajstić information content (AvgIpc) is 2.44. The first kappa shape index (κ1) is 15.4. The van der Waals surface area contributed by atoms with E-state index in [0.717, 1.165) is 24.6 Å². The molecule has 1 aliphatic rings. The molecule has 1 aliphatic carbocycles. The van der Waals surface area contributed by atoms with Gasteiger partial charge in [0.05, 0.1) is 0 Å². The van der Waals surface area contributed by atoms with E-state index in [-0.39, 0.29) is 11.5 Å². The van der Waals surface area contributed by atoms with Gasteiger partial charge in [-0.05, 0) is 37.0 Å². The lowest BCUT2D eigenvalue weighted by atomic mass is 9.73. The fraction of sp³-hybridized carbons (Fsp3) is 0.467. The predicted octanol–water partition coefficient (Wildman–Crippen LogP) is 2.73. The number of carboxylic acid groups (broad SMARTS) is 1. The van der Waals surface area contributed by atoms with Crippen molar-refractivity contribution in [3.63, 3.8) is 0 Å². The lowest BCUT2D eigenvalue weighted by molar-refractivity contribution is -0.148. The number of benzene rings is 1. The van der Waals surface area contributed by atoms with Crippen LogP contribution in [0.4, 0.5) is 8.78 Å². The Labute approximate surface area is 121 Å². The van der Waals surface area contributed by atoms with Crippen LogP contribution in [-0.2, 0) is 4.79 Å². The van der Waals surface area contributed by atoms with Crippen LogP contribution in [0.15, 0.2) is 18.2 Å². The third-order valence-corrected chi connectivity index (χ3v) is 4.20. The molecule has 21 heavy (non-hydrogen) atoms. The van der Waals surface area contributed by atoms with E-state index in [1.807, 2.05) is 0 Å². The minimum Gasteiger partial charge on any atom is -0.479 e. The zero-order valence-corrected chi connectivity index (χ0v) is 11.7. The summed E-state index contributed by atoms with van der Waals surface area (Å²) in [5.74, 6) is -4.21. The molecule has 0 spiro atoms. The molecule has 2 N–H and O–H groups in total. The van der Waals surface area contributed by atoms with Crippen molar-refractivity contribution >= 4 is 11.9 Å². The van der Waals surface area contributed by atoms with E-state index in [9.17, 15) is 23.5 Å². The fourth-order valence-electron chi connectivity index (χ4n) is 2.82. The number of aliphatic carboxylic acids is 1. The van der Waals surface area contributed by atoms with E-state index in [0.29, 0.717) is 19.3 Å². The van der Waals surface area contributed by atoms with Gasteiger partial charge in [-0.2, -0.15) is 0 Å². The second kappa shape index (κ2) is 5.79. The third kappa shape index (κ3) is 2.89. The standard InChI is InChI=1S/C15H17F2NO3/c1-9-4-2-3-7-15(9,14(20)21)18-13(19)10-5-6-11(16)12(17)8-10/h5-6,8-9H,2-4,7H2,1H3,(H,18,19)(H,20,21). The van der Waals surface area contributed by atoms with E-state index in [2.05, 4.69) is 5.32 Å². The molecule has 0 saturated heterocycles. The molecule has 0 heterocycles. The van der Waals surface area contributed by atoms with Crippen molar-refractivity contribution in [3.05, 3.63) is 35.4 Å². The number of rotatable bonds is 3. The highest BCUT2D eigenvalue weighted by molar-refractivity contribution is 5.98. The molecule has 1 amide bonds. The summed E-state index contributed by atoms with van der Waals surface area (Å²) < 4.78 is 26.1. The first-order valence-electron chi connectivity index (χ1n) is 6.88. The molecule has 1 aromatic carbocycles. The van der Waals surface area contributed by atoms with E-state index >= 15 is 0 Å². The normalized spacial score (nSPS) is 25.4. The number of carbonyl (C=O) groups excluding carboxylic acids is 1. The summed E-state index contributed by atoms with van der Waals surface area (Å²) in [5.41, 5.74) is -1.44. The summed E-state index contributed by atoms with van der Waals surface area (Å²) >= 11 is 0. The highest BCUT2D eigenvalue weighted by Gasteiger charge is 2.46. The Hall–Kier alpha value is -1.98. The number of hydrogen-bond donors (Lipinski definition) is 2. The van der Waals surface area contributed by atoms with Gasteiger partial charge in [0, 0.05) is 5.56 Å². The number of carboxylic acids is 1. The summed E-state index contributed by atoms with van der Waals surface area (Å²) in [5, 5.41) is 12.0. The Morgan fingerprint density at radius 1 is 1.29 bits per heavy atom. The molecule has 4 nitrogen and oxygen atoms in total. The van der Waals surface area contributed by atoms with Crippen LogP contribution in [0.25, 0.3) is 0 Å². The van der Waals surface area contributed by atoms with E-state index in [1.165, 1.54) is 0 Å². The Balaban J connectivity index is 2.26. The molecule has 2 unspecified atom stereocenters. The Kier molecular flexibility index (Phi) is 4.25. The van der Waals surface area contributed by atoms with Crippen LogP contribution in [0.1, 0.15) is 43.0 Å². The van der Waals surface area contributed by atoms with Crippen LogP contribution < -0.4 is 5.32 Å². The maximum absolute atomic E-state index is 13.2. The molecule has 0 aromatic heterocycles. The number of halogens is 2. The Morgan fingerprint density at radius 2 is 2.00 bits per heavy atom. The van der Waals surface area contributed by atoms with E-state index in [1.54, 1.807) is 6.92 Å². The van der Waals surface area contributed by atoms with Crippen LogP contribution in [0.3, 0.4) is 0 Å². The second-order valence-corrected chi connectivity index (χ2v) is 5.51. The molecule has 2 atom stereocenters. The minimum absolute atomic E-state index is 0.0905. The van der Waals surface area contributed by atoms with Crippen molar-refractivity contribution in [3.8, 4) is 0 Å². The van der Waals surface area contributed by atoms with Gasteiger partial charge in [-0.1, -0.05) is 19.8 Å². The molecule has 2 rings (SSSR count). The topological polar surface area (TPSA) is 66.4 Å². The van der Waals surface area contributed by atoms with Gasteiger partial charge in [0.15, 0.2) is 11.6 Å². The quantitative estimate of drug-likeness (QED) is 0.901. The molecule has 114 valence electrons. The van der Waals surface area contributed by atoms with Gasteiger partial charge in [0.2, 0.25) is 0 Å². The third-order valence-electron chi connectivity index (χ3n) is 4.20. The van der Waals surface area contributed by atoms with Gasteiger partial charge in [-0.25, -0.2) is 13.6 Å². The van der Waals surface area contributed by atoms with Gasteiger partial charge in [0.1, 0.15) is 5.54 Å². The largest absolute Gasteiger partial charge is 0.479 e. The van der Waals surface area contributed by atoms with E-state index < -0.39 is 29.0 Å².